The van der Waals surface area contributed by atoms with E-state index in [1.807, 2.05) is 4.68 Å². The Labute approximate surface area is 133 Å². The number of aryl methyl sites for hydroxylation is 1. The Hall–Kier alpha value is -0.950. The van der Waals surface area contributed by atoms with Crippen LogP contribution in [0.1, 0.15) is 23.9 Å². The van der Waals surface area contributed by atoms with Gasteiger partial charge in [0.2, 0.25) is 0 Å². The van der Waals surface area contributed by atoms with E-state index in [0.29, 0.717) is 12.6 Å². The molecule has 1 aromatic rings. The molecule has 0 saturated carbocycles. The summed E-state index contributed by atoms with van der Waals surface area (Å²) in [6.45, 7) is 13.2. The predicted molar refractivity (Wildman–Crippen MR) is 87.0 cm³/mol. The van der Waals surface area contributed by atoms with Crippen molar-refractivity contribution < 1.29 is 9.84 Å². The van der Waals surface area contributed by atoms with Crippen LogP contribution in [-0.4, -0.2) is 77.2 Å². The van der Waals surface area contributed by atoms with Gasteiger partial charge in [0.15, 0.2) is 0 Å². The van der Waals surface area contributed by atoms with Crippen LogP contribution in [0.5, 0.6) is 0 Å². The van der Waals surface area contributed by atoms with E-state index in [1.54, 1.807) is 7.11 Å². The number of nitrogens with zero attached hydrogens (tertiary/aromatic N) is 4. The van der Waals surface area contributed by atoms with Crippen molar-refractivity contribution in [2.45, 2.75) is 39.9 Å². The highest BCUT2D eigenvalue weighted by Crippen LogP contribution is 2.17. The van der Waals surface area contributed by atoms with Crippen LogP contribution in [-0.2, 0) is 17.8 Å². The first-order valence-corrected chi connectivity index (χ1v) is 8.16. The first-order chi connectivity index (χ1) is 10.6. The second-order valence-corrected chi connectivity index (χ2v) is 6.21. The van der Waals surface area contributed by atoms with E-state index in [2.05, 4.69) is 35.7 Å². The summed E-state index contributed by atoms with van der Waals surface area (Å²) in [6.07, 6.45) is 0. The Kier molecular flexibility index (Phi) is 6.37. The van der Waals surface area contributed by atoms with Crippen molar-refractivity contribution in [1.82, 2.24) is 19.6 Å². The minimum atomic E-state index is 0.136. The first-order valence-electron chi connectivity index (χ1n) is 8.16. The van der Waals surface area contributed by atoms with Crippen LogP contribution in [0.3, 0.4) is 0 Å². The molecule has 0 radical (unpaired) electrons. The number of rotatable bonds is 7. The summed E-state index contributed by atoms with van der Waals surface area (Å²) in [5.41, 5.74) is 3.58. The largest absolute Gasteiger partial charge is 0.394 e. The van der Waals surface area contributed by atoms with Gasteiger partial charge in [-0.05, 0) is 20.8 Å². The van der Waals surface area contributed by atoms with Crippen molar-refractivity contribution in [3.05, 3.63) is 17.0 Å². The molecule has 0 aromatic carbocycles. The van der Waals surface area contributed by atoms with Crippen LogP contribution in [0.25, 0.3) is 0 Å². The maximum atomic E-state index is 9.10. The van der Waals surface area contributed by atoms with Crippen molar-refractivity contribution in [1.29, 1.82) is 0 Å². The highest BCUT2D eigenvalue weighted by Gasteiger charge is 2.22. The Morgan fingerprint density at radius 2 is 1.91 bits per heavy atom. The van der Waals surface area contributed by atoms with Gasteiger partial charge in [0.1, 0.15) is 0 Å². The fourth-order valence-corrected chi connectivity index (χ4v) is 3.21. The van der Waals surface area contributed by atoms with Crippen molar-refractivity contribution >= 4 is 0 Å². The van der Waals surface area contributed by atoms with E-state index in [9.17, 15) is 0 Å². The molecule has 22 heavy (non-hydrogen) atoms. The summed E-state index contributed by atoms with van der Waals surface area (Å²) in [4.78, 5) is 4.99. The molecule has 6 heteroatoms. The van der Waals surface area contributed by atoms with Crippen LogP contribution >= 0.6 is 0 Å². The average molecular weight is 310 g/mol. The number of ether oxygens (including phenoxy) is 1. The van der Waals surface area contributed by atoms with Gasteiger partial charge in [0, 0.05) is 57.1 Å². The van der Waals surface area contributed by atoms with Crippen LogP contribution in [0, 0.1) is 13.8 Å². The summed E-state index contributed by atoms with van der Waals surface area (Å²) in [5, 5.41) is 13.6. The zero-order chi connectivity index (χ0) is 16.1. The second-order valence-electron chi connectivity index (χ2n) is 6.21. The van der Waals surface area contributed by atoms with Crippen LogP contribution < -0.4 is 0 Å². The molecule has 1 unspecified atom stereocenters. The van der Waals surface area contributed by atoms with Crippen LogP contribution in [0.4, 0.5) is 0 Å². The lowest BCUT2D eigenvalue weighted by Gasteiger charge is -2.37. The van der Waals surface area contributed by atoms with Crippen LogP contribution in [0.2, 0.25) is 0 Å². The highest BCUT2D eigenvalue weighted by atomic mass is 16.5. The molecule has 1 atom stereocenters. The molecule has 2 heterocycles. The quantitative estimate of drug-likeness (QED) is 0.801. The molecule has 0 spiro atoms. The molecule has 1 aromatic heterocycles. The molecule has 0 bridgehead atoms. The van der Waals surface area contributed by atoms with E-state index in [4.69, 9.17) is 9.84 Å². The van der Waals surface area contributed by atoms with Crippen LogP contribution in [0.15, 0.2) is 0 Å². The van der Waals surface area contributed by atoms with Crippen molar-refractivity contribution in [3.63, 3.8) is 0 Å². The average Bonchev–Trinajstić information content (AvgIpc) is 2.76. The van der Waals surface area contributed by atoms with Gasteiger partial charge >= 0.3 is 0 Å². The van der Waals surface area contributed by atoms with E-state index in [0.717, 1.165) is 45.0 Å². The third-order valence-electron chi connectivity index (χ3n) is 4.66. The number of aromatic nitrogens is 2. The lowest BCUT2D eigenvalue weighted by atomic mass is 10.1. The molecule has 1 aliphatic rings. The molecule has 2 rings (SSSR count). The van der Waals surface area contributed by atoms with Gasteiger partial charge in [0.25, 0.3) is 0 Å². The van der Waals surface area contributed by atoms with E-state index in [1.165, 1.54) is 11.3 Å². The minimum absolute atomic E-state index is 0.136. The topological polar surface area (TPSA) is 53.8 Å². The molecule has 1 fully saturated rings. The first kappa shape index (κ1) is 17.4. The Balaban J connectivity index is 1.91. The van der Waals surface area contributed by atoms with Gasteiger partial charge < -0.3 is 9.84 Å². The van der Waals surface area contributed by atoms with Crippen molar-refractivity contribution in [2.24, 2.45) is 0 Å². The Morgan fingerprint density at radius 3 is 2.50 bits per heavy atom. The third kappa shape index (κ3) is 4.07. The summed E-state index contributed by atoms with van der Waals surface area (Å²) in [7, 11) is 1.77. The number of aliphatic hydroxyl groups is 1. The summed E-state index contributed by atoms with van der Waals surface area (Å²) in [5.74, 6) is 0. The lowest BCUT2D eigenvalue weighted by Crippen LogP contribution is -2.50. The fourth-order valence-electron chi connectivity index (χ4n) is 3.21. The predicted octanol–water partition coefficient (Wildman–Crippen LogP) is 0.645. The number of piperazine rings is 1. The lowest BCUT2D eigenvalue weighted by molar-refractivity contribution is 0.0548. The Bertz CT molecular complexity index is 467. The summed E-state index contributed by atoms with van der Waals surface area (Å²) >= 11 is 0. The minimum Gasteiger partial charge on any atom is -0.394 e. The van der Waals surface area contributed by atoms with Gasteiger partial charge in [-0.3, -0.25) is 14.5 Å². The smallest absolute Gasteiger partial charge is 0.0644 e. The SMILES string of the molecule is COCC(C)N1CCN(Cc2c(C)nn(CCO)c2C)CC1. The number of aliphatic hydroxyl groups excluding tert-OH is 1. The van der Waals surface area contributed by atoms with Crippen molar-refractivity contribution in [2.75, 3.05) is 46.5 Å². The molecule has 126 valence electrons. The molecule has 1 aliphatic heterocycles. The molecule has 6 nitrogen and oxygen atoms in total. The number of hydrogen-bond acceptors (Lipinski definition) is 5. The van der Waals surface area contributed by atoms with Gasteiger partial charge in [-0.2, -0.15) is 5.10 Å². The normalized spacial score (nSPS) is 18.8. The molecule has 1 saturated heterocycles. The number of hydrogen-bond donors (Lipinski definition) is 1. The molecular formula is C16H30N4O2. The molecule has 1 N–H and O–H groups in total. The maximum Gasteiger partial charge on any atom is 0.0644 e. The zero-order valence-electron chi connectivity index (χ0n) is 14.4. The molecular weight excluding hydrogens is 280 g/mol. The van der Waals surface area contributed by atoms with Crippen molar-refractivity contribution in [3.8, 4) is 0 Å². The fraction of sp³-hybridized carbons (Fsp3) is 0.812. The van der Waals surface area contributed by atoms with Gasteiger partial charge in [-0.1, -0.05) is 0 Å². The Morgan fingerprint density at radius 1 is 1.23 bits per heavy atom. The second kappa shape index (κ2) is 8.06. The third-order valence-corrected chi connectivity index (χ3v) is 4.66. The van der Waals surface area contributed by atoms with E-state index in [-0.39, 0.29) is 6.61 Å². The monoisotopic (exact) mass is 310 g/mol. The molecule has 0 aliphatic carbocycles. The van der Waals surface area contributed by atoms with E-state index >= 15 is 0 Å². The summed E-state index contributed by atoms with van der Waals surface area (Å²) < 4.78 is 7.17. The van der Waals surface area contributed by atoms with Gasteiger partial charge in [0.05, 0.1) is 25.5 Å². The van der Waals surface area contributed by atoms with Gasteiger partial charge in [-0.15, -0.1) is 0 Å². The molecule has 0 amide bonds. The summed E-state index contributed by atoms with van der Waals surface area (Å²) in [6, 6.07) is 0.489. The standard InChI is InChI=1S/C16H30N4O2/c1-13(12-22-4)19-7-5-18(6-8-19)11-16-14(2)17-20(9-10-21)15(16)3/h13,21H,5-12H2,1-4H3. The zero-order valence-corrected chi connectivity index (χ0v) is 14.4. The highest BCUT2D eigenvalue weighted by molar-refractivity contribution is 5.24. The number of methoxy groups -OCH3 is 1. The van der Waals surface area contributed by atoms with E-state index < -0.39 is 0 Å². The van der Waals surface area contributed by atoms with Gasteiger partial charge in [-0.25, -0.2) is 0 Å². The maximum absolute atomic E-state index is 9.10.